The summed E-state index contributed by atoms with van der Waals surface area (Å²) in [5, 5.41) is 0. The average molecular weight is 268 g/mol. The minimum Gasteiger partial charge on any atom is -0.371 e. The van der Waals surface area contributed by atoms with Crippen molar-refractivity contribution in [3.63, 3.8) is 0 Å². The highest BCUT2D eigenvalue weighted by molar-refractivity contribution is 5.82. The molecule has 4 heteroatoms. The minimum atomic E-state index is -0.374. The van der Waals surface area contributed by atoms with E-state index in [0.717, 1.165) is 19.4 Å². The van der Waals surface area contributed by atoms with Crippen LogP contribution in [0.2, 0.25) is 0 Å². The summed E-state index contributed by atoms with van der Waals surface area (Å²) in [5.41, 5.74) is 5.93. The lowest BCUT2D eigenvalue weighted by atomic mass is 9.91. The van der Waals surface area contributed by atoms with Crippen LogP contribution in [0.3, 0.4) is 0 Å². The molecule has 1 amide bonds. The monoisotopic (exact) mass is 268 g/mol. The van der Waals surface area contributed by atoms with E-state index in [4.69, 9.17) is 10.5 Å². The van der Waals surface area contributed by atoms with Gasteiger partial charge >= 0.3 is 0 Å². The van der Waals surface area contributed by atoms with E-state index in [9.17, 15) is 4.79 Å². The van der Waals surface area contributed by atoms with Gasteiger partial charge in [-0.1, -0.05) is 39.5 Å². The molecular weight excluding hydrogens is 240 g/mol. The predicted octanol–water partition coefficient (Wildman–Crippen LogP) is 1.92. The summed E-state index contributed by atoms with van der Waals surface area (Å²) < 4.78 is 6.07. The predicted molar refractivity (Wildman–Crippen MR) is 75.8 cm³/mol. The zero-order chi connectivity index (χ0) is 13.9. The van der Waals surface area contributed by atoms with Crippen LogP contribution in [0.15, 0.2) is 0 Å². The molecule has 1 aliphatic heterocycles. The number of nitrogens with zero attached hydrogens (tertiary/aromatic N) is 1. The fraction of sp³-hybridized carbons (Fsp3) is 0.933. The largest absolute Gasteiger partial charge is 0.371 e. The molecule has 0 unspecified atom stereocenters. The molecule has 1 saturated carbocycles. The number of nitrogens with two attached hydrogens (primary N) is 1. The molecule has 110 valence electrons. The van der Waals surface area contributed by atoms with Crippen molar-refractivity contribution in [1.29, 1.82) is 0 Å². The van der Waals surface area contributed by atoms with Gasteiger partial charge in [-0.2, -0.15) is 0 Å². The zero-order valence-corrected chi connectivity index (χ0v) is 12.4. The third-order valence-corrected chi connectivity index (χ3v) is 4.58. The third kappa shape index (κ3) is 3.48. The van der Waals surface area contributed by atoms with E-state index < -0.39 is 0 Å². The lowest BCUT2D eigenvalue weighted by molar-refractivity contribution is -0.155. The van der Waals surface area contributed by atoms with Crippen LogP contribution in [0.1, 0.15) is 52.4 Å². The van der Waals surface area contributed by atoms with Crippen molar-refractivity contribution in [2.24, 2.45) is 11.7 Å². The first-order chi connectivity index (χ1) is 9.04. The summed E-state index contributed by atoms with van der Waals surface area (Å²) in [7, 11) is 0. The normalized spacial score (nSPS) is 25.4. The van der Waals surface area contributed by atoms with Crippen LogP contribution in [0.4, 0.5) is 0 Å². The van der Waals surface area contributed by atoms with E-state index >= 15 is 0 Å². The highest BCUT2D eigenvalue weighted by Crippen LogP contribution is 2.33. The number of rotatable bonds is 2. The van der Waals surface area contributed by atoms with Crippen LogP contribution in [0.25, 0.3) is 0 Å². The topological polar surface area (TPSA) is 55.6 Å². The van der Waals surface area contributed by atoms with E-state index in [2.05, 4.69) is 0 Å². The van der Waals surface area contributed by atoms with Gasteiger partial charge < -0.3 is 15.4 Å². The lowest BCUT2D eigenvalue weighted by Crippen LogP contribution is -2.57. The molecule has 19 heavy (non-hydrogen) atoms. The fourth-order valence-corrected chi connectivity index (χ4v) is 3.20. The van der Waals surface area contributed by atoms with Gasteiger partial charge in [-0.3, -0.25) is 4.79 Å². The summed E-state index contributed by atoms with van der Waals surface area (Å²) in [6.07, 6.45) is 7.22. The van der Waals surface area contributed by atoms with Gasteiger partial charge in [0.25, 0.3) is 0 Å². The van der Waals surface area contributed by atoms with Crippen molar-refractivity contribution in [2.75, 3.05) is 19.7 Å². The molecule has 4 nitrogen and oxygen atoms in total. The van der Waals surface area contributed by atoms with Gasteiger partial charge in [0.1, 0.15) is 0 Å². The van der Waals surface area contributed by atoms with E-state index in [1.54, 1.807) is 0 Å². The van der Waals surface area contributed by atoms with Crippen LogP contribution in [0, 0.1) is 5.92 Å². The Hall–Kier alpha value is -0.610. The van der Waals surface area contributed by atoms with E-state index in [1.807, 2.05) is 18.7 Å². The molecule has 2 rings (SSSR count). The number of carbonyl (C=O) groups is 1. The van der Waals surface area contributed by atoms with Gasteiger partial charge in [-0.05, 0) is 18.8 Å². The van der Waals surface area contributed by atoms with E-state index in [-0.39, 0.29) is 23.5 Å². The van der Waals surface area contributed by atoms with Crippen LogP contribution >= 0.6 is 0 Å². The molecule has 0 bridgehead atoms. The standard InChI is InChI=1S/C15H28N2O2/c1-12(2)13(16)14(18)17-9-10-19-15(11-17)7-5-3-4-6-8-15/h12-13H,3-11,16H2,1-2H3/t13-/m0/s1. The Morgan fingerprint density at radius 1 is 1.21 bits per heavy atom. The molecule has 0 aromatic rings. The molecule has 1 spiro atoms. The van der Waals surface area contributed by atoms with Crippen LogP contribution in [0.5, 0.6) is 0 Å². The molecule has 2 N–H and O–H groups in total. The Kier molecular flexibility index (Phi) is 4.85. The molecule has 0 aromatic carbocycles. The van der Waals surface area contributed by atoms with Gasteiger partial charge in [0.15, 0.2) is 0 Å². The number of hydrogen-bond donors (Lipinski definition) is 1. The highest BCUT2D eigenvalue weighted by Gasteiger charge is 2.39. The van der Waals surface area contributed by atoms with Gasteiger partial charge in [0, 0.05) is 13.1 Å². The van der Waals surface area contributed by atoms with Crippen molar-refractivity contribution in [2.45, 2.75) is 64.0 Å². The quantitative estimate of drug-likeness (QED) is 0.832. The Morgan fingerprint density at radius 2 is 1.84 bits per heavy atom. The number of morpholine rings is 1. The highest BCUT2D eigenvalue weighted by atomic mass is 16.5. The summed E-state index contributed by atoms with van der Waals surface area (Å²) in [4.78, 5) is 14.3. The summed E-state index contributed by atoms with van der Waals surface area (Å²) >= 11 is 0. The first-order valence-electron chi connectivity index (χ1n) is 7.72. The summed E-state index contributed by atoms with van der Waals surface area (Å²) in [5.74, 6) is 0.294. The van der Waals surface area contributed by atoms with Crippen molar-refractivity contribution >= 4 is 5.91 Å². The number of hydrogen-bond acceptors (Lipinski definition) is 3. The lowest BCUT2D eigenvalue weighted by Gasteiger charge is -2.43. The molecule has 1 atom stereocenters. The smallest absolute Gasteiger partial charge is 0.239 e. The number of carbonyl (C=O) groups excluding carboxylic acids is 1. The second-order valence-corrected chi connectivity index (χ2v) is 6.48. The maximum absolute atomic E-state index is 12.4. The van der Waals surface area contributed by atoms with Gasteiger partial charge in [0.2, 0.25) is 5.91 Å². The fourth-order valence-electron chi connectivity index (χ4n) is 3.20. The van der Waals surface area contributed by atoms with E-state index in [1.165, 1.54) is 25.7 Å². The Labute approximate surface area is 116 Å². The molecule has 1 aliphatic carbocycles. The molecule has 2 aliphatic rings. The van der Waals surface area contributed by atoms with Crippen molar-refractivity contribution < 1.29 is 9.53 Å². The van der Waals surface area contributed by atoms with Gasteiger partial charge in [-0.15, -0.1) is 0 Å². The Morgan fingerprint density at radius 3 is 2.42 bits per heavy atom. The molecule has 1 saturated heterocycles. The zero-order valence-electron chi connectivity index (χ0n) is 12.4. The summed E-state index contributed by atoms with van der Waals surface area (Å²) in [6, 6.07) is -0.374. The average Bonchev–Trinajstić information content (AvgIpc) is 2.62. The van der Waals surface area contributed by atoms with Gasteiger partial charge in [-0.25, -0.2) is 0 Å². The Bertz CT molecular complexity index is 309. The van der Waals surface area contributed by atoms with Crippen LogP contribution < -0.4 is 5.73 Å². The molecule has 2 fully saturated rings. The molecule has 0 aromatic heterocycles. The maximum Gasteiger partial charge on any atom is 0.239 e. The third-order valence-electron chi connectivity index (χ3n) is 4.58. The van der Waals surface area contributed by atoms with Crippen molar-refractivity contribution in [3.8, 4) is 0 Å². The Balaban J connectivity index is 2.01. The van der Waals surface area contributed by atoms with Gasteiger partial charge in [0.05, 0.1) is 18.2 Å². The second-order valence-electron chi connectivity index (χ2n) is 6.48. The minimum absolute atomic E-state index is 0.0822. The summed E-state index contributed by atoms with van der Waals surface area (Å²) in [6.45, 7) is 6.11. The van der Waals surface area contributed by atoms with Crippen molar-refractivity contribution in [1.82, 2.24) is 4.90 Å². The van der Waals surface area contributed by atoms with Crippen LogP contribution in [-0.2, 0) is 9.53 Å². The maximum atomic E-state index is 12.4. The first kappa shape index (κ1) is 14.8. The van der Waals surface area contributed by atoms with E-state index in [0.29, 0.717) is 13.2 Å². The first-order valence-corrected chi connectivity index (χ1v) is 7.72. The molecule has 1 heterocycles. The van der Waals surface area contributed by atoms with Crippen LogP contribution in [-0.4, -0.2) is 42.1 Å². The number of amides is 1. The second kappa shape index (κ2) is 6.23. The van der Waals surface area contributed by atoms with Crippen molar-refractivity contribution in [3.05, 3.63) is 0 Å². The SMILES string of the molecule is CC(C)[C@H](N)C(=O)N1CCOC2(CCCCCC2)C1. The number of ether oxygens (including phenoxy) is 1. The molecular formula is C15H28N2O2. The molecule has 0 radical (unpaired) electrons.